The van der Waals surface area contributed by atoms with Crippen molar-refractivity contribution in [1.82, 2.24) is 4.57 Å². The number of ether oxygens (including phenoxy) is 3. The van der Waals surface area contributed by atoms with Crippen molar-refractivity contribution in [3.63, 3.8) is 0 Å². The van der Waals surface area contributed by atoms with Gasteiger partial charge in [0.05, 0.1) is 19.3 Å². The van der Waals surface area contributed by atoms with E-state index in [-0.39, 0.29) is 17.1 Å². The lowest BCUT2D eigenvalue weighted by molar-refractivity contribution is 0.0474. The van der Waals surface area contributed by atoms with E-state index in [4.69, 9.17) is 14.2 Å². The highest BCUT2D eigenvalue weighted by Crippen LogP contribution is 2.24. The van der Waals surface area contributed by atoms with Gasteiger partial charge < -0.3 is 18.8 Å². The van der Waals surface area contributed by atoms with Crippen LogP contribution in [0.4, 0.5) is 4.39 Å². The maximum Gasteiger partial charge on any atom is 0.338 e. The fourth-order valence-corrected chi connectivity index (χ4v) is 3.39. The number of ketones is 1. The Kier molecular flexibility index (Phi) is 6.74. The molecule has 0 aliphatic rings. The standard InChI is InChI=1S/C24H24FNO5/c1-5-30-19-9-7-18(8-10-19)26-15(2)12-20(16(26)3)22(27)14-31-24(28)17-6-11-23(29-4)21(25)13-17/h6-13H,5,14H2,1-4H3. The molecule has 0 saturated heterocycles. The van der Waals surface area contributed by atoms with Crippen LogP contribution in [0.2, 0.25) is 0 Å². The molecule has 0 aliphatic carbocycles. The minimum absolute atomic E-state index is 0.00552. The number of hydrogen-bond acceptors (Lipinski definition) is 5. The zero-order chi connectivity index (χ0) is 22.5. The van der Waals surface area contributed by atoms with Gasteiger partial charge in [0, 0.05) is 22.6 Å². The maximum absolute atomic E-state index is 13.8. The molecule has 0 spiro atoms. The Morgan fingerprint density at radius 2 is 1.74 bits per heavy atom. The number of rotatable bonds is 8. The average Bonchev–Trinajstić information content (AvgIpc) is 3.06. The third kappa shape index (κ3) is 4.77. The number of esters is 1. The topological polar surface area (TPSA) is 66.8 Å². The molecule has 7 heteroatoms. The molecule has 3 rings (SSSR count). The zero-order valence-electron chi connectivity index (χ0n) is 17.9. The molecule has 0 bridgehead atoms. The van der Waals surface area contributed by atoms with Crippen molar-refractivity contribution in [1.29, 1.82) is 0 Å². The minimum atomic E-state index is -0.782. The summed E-state index contributed by atoms with van der Waals surface area (Å²) in [6.45, 7) is 5.79. The second kappa shape index (κ2) is 9.47. The summed E-state index contributed by atoms with van der Waals surface area (Å²) in [5, 5.41) is 0. The van der Waals surface area contributed by atoms with Gasteiger partial charge in [-0.1, -0.05) is 0 Å². The van der Waals surface area contributed by atoms with Gasteiger partial charge in [0.2, 0.25) is 5.78 Å². The van der Waals surface area contributed by atoms with Crippen LogP contribution in [0.1, 0.15) is 39.0 Å². The molecule has 0 radical (unpaired) electrons. The van der Waals surface area contributed by atoms with Crippen LogP contribution in [0.25, 0.3) is 5.69 Å². The Balaban J connectivity index is 1.73. The molecule has 0 aliphatic heterocycles. The fraction of sp³-hybridized carbons (Fsp3) is 0.250. The molecule has 1 aromatic heterocycles. The van der Waals surface area contributed by atoms with Gasteiger partial charge in [-0.05, 0) is 69.3 Å². The van der Waals surface area contributed by atoms with Crippen LogP contribution in [0.15, 0.2) is 48.5 Å². The summed E-state index contributed by atoms with van der Waals surface area (Å²) in [6.07, 6.45) is 0. The smallest absolute Gasteiger partial charge is 0.338 e. The van der Waals surface area contributed by atoms with E-state index in [1.54, 1.807) is 6.07 Å². The third-order valence-electron chi connectivity index (χ3n) is 4.86. The van der Waals surface area contributed by atoms with Gasteiger partial charge in [0.25, 0.3) is 0 Å². The van der Waals surface area contributed by atoms with E-state index in [1.165, 1.54) is 19.2 Å². The van der Waals surface area contributed by atoms with Crippen LogP contribution in [-0.4, -0.2) is 36.6 Å². The van der Waals surface area contributed by atoms with Crippen LogP contribution in [0.3, 0.4) is 0 Å². The number of halogens is 1. The van der Waals surface area contributed by atoms with Crippen molar-refractivity contribution < 1.29 is 28.2 Å². The normalized spacial score (nSPS) is 10.6. The fourth-order valence-electron chi connectivity index (χ4n) is 3.39. The molecule has 2 aromatic carbocycles. The van der Waals surface area contributed by atoms with Crippen LogP contribution in [0, 0.1) is 19.7 Å². The van der Waals surface area contributed by atoms with Crippen molar-refractivity contribution in [3.8, 4) is 17.2 Å². The lowest BCUT2D eigenvalue weighted by Gasteiger charge is -2.11. The number of Topliss-reactive ketones (excluding diaryl/α,β-unsaturated/α-hetero) is 1. The molecule has 0 fully saturated rings. The first-order chi connectivity index (χ1) is 14.8. The number of carbonyl (C=O) groups is 2. The highest BCUT2D eigenvalue weighted by Gasteiger charge is 2.19. The number of methoxy groups -OCH3 is 1. The van der Waals surface area contributed by atoms with Gasteiger partial charge in [0.15, 0.2) is 18.2 Å². The molecule has 1 heterocycles. The van der Waals surface area contributed by atoms with Gasteiger partial charge in [-0.2, -0.15) is 0 Å². The van der Waals surface area contributed by atoms with E-state index in [0.717, 1.165) is 28.9 Å². The SMILES string of the molecule is CCOc1ccc(-n2c(C)cc(C(=O)COC(=O)c3ccc(OC)c(F)c3)c2C)cc1. The number of nitrogens with zero attached hydrogens (tertiary/aromatic N) is 1. The van der Waals surface area contributed by atoms with Crippen LogP contribution in [-0.2, 0) is 4.74 Å². The molecule has 162 valence electrons. The summed E-state index contributed by atoms with van der Waals surface area (Å²) in [6, 6.07) is 13.1. The van der Waals surface area contributed by atoms with Crippen LogP contribution < -0.4 is 9.47 Å². The largest absolute Gasteiger partial charge is 0.494 e. The number of aryl methyl sites for hydroxylation is 1. The second-order valence-electron chi connectivity index (χ2n) is 6.90. The Labute approximate surface area is 180 Å². The molecule has 31 heavy (non-hydrogen) atoms. The summed E-state index contributed by atoms with van der Waals surface area (Å²) in [7, 11) is 1.33. The number of hydrogen-bond donors (Lipinski definition) is 0. The maximum atomic E-state index is 13.8. The van der Waals surface area contributed by atoms with Crippen molar-refractivity contribution in [3.05, 3.63) is 76.9 Å². The Bertz CT molecular complexity index is 1100. The van der Waals surface area contributed by atoms with Crippen LogP contribution in [0.5, 0.6) is 11.5 Å². The van der Waals surface area contributed by atoms with Gasteiger partial charge in [-0.15, -0.1) is 0 Å². The van der Waals surface area contributed by atoms with E-state index < -0.39 is 18.4 Å². The van der Waals surface area contributed by atoms with E-state index in [1.807, 2.05) is 49.6 Å². The summed E-state index contributed by atoms with van der Waals surface area (Å²) < 4.78 is 31.1. The minimum Gasteiger partial charge on any atom is -0.494 e. The van der Waals surface area contributed by atoms with E-state index in [2.05, 4.69) is 0 Å². The Morgan fingerprint density at radius 1 is 1.03 bits per heavy atom. The molecule has 0 N–H and O–H groups in total. The lowest BCUT2D eigenvalue weighted by atomic mass is 10.1. The van der Waals surface area contributed by atoms with E-state index >= 15 is 0 Å². The zero-order valence-corrected chi connectivity index (χ0v) is 17.9. The van der Waals surface area contributed by atoms with Gasteiger partial charge >= 0.3 is 5.97 Å². The van der Waals surface area contributed by atoms with Crippen molar-refractivity contribution in [2.45, 2.75) is 20.8 Å². The third-order valence-corrected chi connectivity index (χ3v) is 4.86. The first kappa shape index (κ1) is 22.1. The summed E-state index contributed by atoms with van der Waals surface area (Å²) >= 11 is 0. The molecule has 0 amide bonds. The van der Waals surface area contributed by atoms with Gasteiger partial charge in [0.1, 0.15) is 5.75 Å². The number of carbonyl (C=O) groups excluding carboxylic acids is 2. The lowest BCUT2D eigenvalue weighted by Crippen LogP contribution is -2.15. The molecular formula is C24H24FNO5. The van der Waals surface area contributed by atoms with E-state index in [9.17, 15) is 14.0 Å². The van der Waals surface area contributed by atoms with Crippen molar-refractivity contribution in [2.75, 3.05) is 20.3 Å². The van der Waals surface area contributed by atoms with Gasteiger partial charge in [-0.25, -0.2) is 9.18 Å². The Hall–Kier alpha value is -3.61. The highest BCUT2D eigenvalue weighted by atomic mass is 19.1. The molecule has 6 nitrogen and oxygen atoms in total. The predicted octanol–water partition coefficient (Wildman–Crippen LogP) is 4.68. The quantitative estimate of drug-likeness (QED) is 0.387. The number of benzene rings is 2. The van der Waals surface area contributed by atoms with E-state index in [0.29, 0.717) is 12.2 Å². The highest BCUT2D eigenvalue weighted by molar-refractivity contribution is 6.00. The first-order valence-electron chi connectivity index (χ1n) is 9.81. The van der Waals surface area contributed by atoms with Gasteiger partial charge in [-0.3, -0.25) is 4.79 Å². The summed E-state index contributed by atoms with van der Waals surface area (Å²) in [5.41, 5.74) is 2.96. The van der Waals surface area contributed by atoms with Crippen LogP contribution >= 0.6 is 0 Å². The van der Waals surface area contributed by atoms with Crippen molar-refractivity contribution in [2.24, 2.45) is 0 Å². The summed E-state index contributed by atoms with van der Waals surface area (Å²) in [5.74, 6) is -1.01. The Morgan fingerprint density at radius 3 is 2.35 bits per heavy atom. The predicted molar refractivity (Wildman–Crippen MR) is 114 cm³/mol. The molecule has 0 atom stereocenters. The van der Waals surface area contributed by atoms with Crippen molar-refractivity contribution >= 4 is 11.8 Å². The molecule has 3 aromatic rings. The molecule has 0 unspecified atom stereocenters. The molecular weight excluding hydrogens is 401 g/mol. The summed E-state index contributed by atoms with van der Waals surface area (Å²) in [4.78, 5) is 24.9. The molecule has 0 saturated carbocycles. The second-order valence-corrected chi connectivity index (χ2v) is 6.90. The number of aromatic nitrogens is 1. The average molecular weight is 425 g/mol. The first-order valence-corrected chi connectivity index (χ1v) is 9.81. The monoisotopic (exact) mass is 425 g/mol.